The number of H-pyrrole nitrogens is 1. The Bertz CT molecular complexity index is 4150. The number of hydrogen-bond donors (Lipinski definition) is 22. The molecular weight excluding hydrogens is 1560 g/mol. The number of carboxylic acid groups (broad SMARTS) is 1. The van der Waals surface area contributed by atoms with Crippen LogP contribution in [-0.2, 0) is 106 Å². The van der Waals surface area contributed by atoms with Gasteiger partial charge in [0, 0.05) is 36.4 Å². The van der Waals surface area contributed by atoms with Gasteiger partial charge in [-0.1, -0.05) is 113 Å². The van der Waals surface area contributed by atoms with Crippen molar-refractivity contribution < 1.29 is 96.5 Å². The van der Waals surface area contributed by atoms with Crippen LogP contribution < -0.4 is 104 Å². The molecule has 118 heavy (non-hydrogen) atoms. The van der Waals surface area contributed by atoms with E-state index in [0.29, 0.717) is 34.0 Å². The van der Waals surface area contributed by atoms with Crippen LogP contribution in [0.4, 0.5) is 0 Å². The first kappa shape index (κ1) is 98.3. The molecule has 646 valence electrons. The highest BCUT2D eigenvalue weighted by Gasteiger charge is 2.40. The lowest BCUT2D eigenvalue weighted by molar-refractivity contribution is -0.142. The summed E-state index contributed by atoms with van der Waals surface area (Å²) in [4.78, 5) is 248. The maximum Gasteiger partial charge on any atom is 0.305 e. The van der Waals surface area contributed by atoms with Crippen LogP contribution in [0.1, 0.15) is 122 Å². The maximum absolute atomic E-state index is 15.2. The van der Waals surface area contributed by atoms with E-state index in [9.17, 15) is 82.1 Å². The van der Waals surface area contributed by atoms with Crippen molar-refractivity contribution in [2.75, 3.05) is 25.1 Å². The summed E-state index contributed by atoms with van der Waals surface area (Å²) >= 11 is 1.32. The lowest BCUT2D eigenvalue weighted by atomic mass is 9.96. The van der Waals surface area contributed by atoms with E-state index in [-0.39, 0.29) is 63.7 Å². The van der Waals surface area contributed by atoms with E-state index < -0.39 is 235 Å². The Labute approximate surface area is 685 Å². The highest BCUT2D eigenvalue weighted by molar-refractivity contribution is 7.98. The van der Waals surface area contributed by atoms with Gasteiger partial charge in [-0.15, -0.1) is 0 Å². The average molecular weight is 1670 g/mol. The fourth-order valence-electron chi connectivity index (χ4n) is 12.1. The number of benzene rings is 3. The second-order valence-electron chi connectivity index (χ2n) is 28.9. The Morgan fingerprint density at radius 2 is 0.805 bits per heavy atom. The Hall–Kier alpha value is -12.1. The third-order valence-electron chi connectivity index (χ3n) is 18.6. The van der Waals surface area contributed by atoms with Gasteiger partial charge in [0.25, 0.3) is 0 Å². The number of fused-ring (bicyclic) bond motifs is 1. The van der Waals surface area contributed by atoms with Crippen molar-refractivity contribution in [2.24, 2.45) is 46.2 Å². The third-order valence-corrected chi connectivity index (χ3v) is 19.2. The summed E-state index contributed by atoms with van der Waals surface area (Å²) in [5.74, 6) is -20.5. The van der Waals surface area contributed by atoms with Crippen molar-refractivity contribution in [3.8, 4) is 0 Å². The summed E-state index contributed by atoms with van der Waals surface area (Å²) in [5, 5.41) is 53.5. The van der Waals surface area contributed by atoms with Crippen LogP contribution in [0.2, 0.25) is 0 Å². The quantitative estimate of drug-likeness (QED) is 0.0183. The topological polar surface area (TPSA) is 676 Å². The number of aliphatic hydroxyl groups excluding tert-OH is 1. The Morgan fingerprint density at radius 1 is 0.424 bits per heavy atom. The number of aromatic nitrogens is 1. The number of aromatic amines is 1. The molecular formula is C77H112N20O20S. The highest BCUT2D eigenvalue weighted by atomic mass is 32.2. The van der Waals surface area contributed by atoms with Crippen LogP contribution in [0.3, 0.4) is 0 Å². The van der Waals surface area contributed by atoms with Crippen molar-refractivity contribution in [2.45, 2.75) is 210 Å². The molecule has 15 atom stereocenters. The molecule has 28 N–H and O–H groups in total. The van der Waals surface area contributed by atoms with Crippen molar-refractivity contribution in [1.82, 2.24) is 74.1 Å². The molecule has 0 radical (unpaired) electrons. The molecule has 0 aliphatic carbocycles. The van der Waals surface area contributed by atoms with Crippen LogP contribution in [0.25, 0.3) is 10.9 Å². The van der Waals surface area contributed by atoms with Crippen LogP contribution in [0, 0.1) is 11.8 Å². The van der Waals surface area contributed by atoms with Gasteiger partial charge >= 0.3 is 5.97 Å². The van der Waals surface area contributed by atoms with E-state index in [1.54, 1.807) is 125 Å². The number of aliphatic hydroxyl groups is 1. The van der Waals surface area contributed by atoms with Crippen molar-refractivity contribution in [3.05, 3.63) is 108 Å². The minimum Gasteiger partial charge on any atom is -0.481 e. The number of para-hydroxylation sites is 1. The smallest absolute Gasteiger partial charge is 0.305 e. The van der Waals surface area contributed by atoms with Crippen LogP contribution >= 0.6 is 11.8 Å². The molecule has 1 aromatic heterocycles. The number of hydrogen-bond acceptors (Lipinski definition) is 22. The number of unbranched alkanes of at least 4 members (excludes halogenated alkanes) is 1. The van der Waals surface area contributed by atoms with Crippen LogP contribution in [-0.4, -0.2) is 231 Å². The number of carbonyl (C=O) groups is 18. The van der Waals surface area contributed by atoms with E-state index in [2.05, 4.69) is 74.1 Å². The van der Waals surface area contributed by atoms with Gasteiger partial charge in [-0.05, 0) is 99.1 Å². The summed E-state index contributed by atoms with van der Waals surface area (Å²) < 4.78 is 0. The van der Waals surface area contributed by atoms with Crippen LogP contribution in [0.15, 0.2) is 91.1 Å². The van der Waals surface area contributed by atoms with E-state index in [0.717, 1.165) is 6.92 Å². The summed E-state index contributed by atoms with van der Waals surface area (Å²) in [6.45, 7) is 8.54. The first-order valence-corrected chi connectivity index (χ1v) is 39.7. The third kappa shape index (κ3) is 34.0. The van der Waals surface area contributed by atoms with E-state index in [4.69, 9.17) is 34.4 Å². The minimum absolute atomic E-state index is 0.0408. The zero-order valence-electron chi connectivity index (χ0n) is 66.8. The highest BCUT2D eigenvalue weighted by Crippen LogP contribution is 2.21. The molecule has 4 aromatic rings. The molecule has 0 aliphatic rings. The molecule has 4 rings (SSSR count). The van der Waals surface area contributed by atoms with Gasteiger partial charge in [0.05, 0.1) is 44.4 Å². The van der Waals surface area contributed by atoms with E-state index >= 15 is 14.4 Å². The molecule has 0 bridgehead atoms. The number of amides is 17. The monoisotopic (exact) mass is 1670 g/mol. The standard InChI is InChI=1S/C77H112N20O20S/c1-8-40(4)63(76(116)95-52(31-44-21-13-10-14-22-44)71(111)91-54(33-58(80)99)66(106)85-38-61(83)102)96-68(108)49(26-28-118-7)87-72(112)53(32-45-37-84-47-24-16-15-23-46(45)47)90-67(107)48(25-17-18-27-78)86-70(110)51(30-43-19-11-9-12-20-43)89-69(109)50(29-39(2)3)94-77(117)64(42(6)98)97-75(115)56(35-60(82)101)92-74(114)57(36-62(103)104)93-73(113)55(34-59(81)100)88-65(105)41(5)79/h9-16,19-24,37,39-42,48-57,63-64,84,98H,8,17-18,25-36,38,78-79H2,1-7H3,(H2,80,99)(H2,81,100)(H2,82,101)(H2,83,102)(H,85,106)(H,86,110)(H,87,112)(H,88,105)(H,89,109)(H,90,107)(H,91,111)(H,92,114)(H,93,113)(H,94,117)(H,95,116)(H,96,108)(H,97,115)(H,103,104)/t40-,41-,42+,48-,49-,50-,51-,52-,53-,54-,55-,56-,57-,63-,64-/m0/s1. The van der Waals surface area contributed by atoms with Gasteiger partial charge in [-0.3, -0.25) is 86.3 Å². The van der Waals surface area contributed by atoms with Gasteiger partial charge < -0.3 is 119 Å². The molecule has 40 nitrogen and oxygen atoms in total. The lowest BCUT2D eigenvalue weighted by Gasteiger charge is -2.30. The zero-order chi connectivity index (χ0) is 88.0. The number of primary amides is 4. The number of carbonyl (C=O) groups excluding carboxylic acids is 17. The molecule has 0 spiro atoms. The fraction of sp³-hybridized carbons (Fsp3) is 0.506. The van der Waals surface area contributed by atoms with E-state index in [1.165, 1.54) is 18.7 Å². The number of aliphatic carboxylic acids is 1. The molecule has 17 amide bonds. The SMILES string of the molecule is CC[C@H](C)[C@H](NC(=O)[C@H](CCSC)NC(=O)[C@H](Cc1c[nH]c2ccccc12)NC(=O)[C@H](CCCCN)NC(=O)[C@H](Cc1ccccc1)NC(=O)[C@H](CC(C)C)NC(=O)[C@@H](NC(=O)[C@H](CC(N)=O)NC(=O)[C@H](CC(=O)O)NC(=O)[C@H](CC(N)=O)NC(=O)[C@H](C)N)[C@@H](C)O)C(=O)N[C@@H](Cc1ccccc1)C(=O)N[C@@H](CC(N)=O)C(=O)NCC(N)=O. The van der Waals surface area contributed by atoms with Crippen LogP contribution in [0.5, 0.6) is 0 Å². The summed E-state index contributed by atoms with van der Waals surface area (Å²) in [6, 6.07) is 2.47. The first-order valence-electron chi connectivity index (χ1n) is 38.3. The first-order chi connectivity index (χ1) is 55.7. The lowest BCUT2D eigenvalue weighted by Crippen LogP contribution is -2.62. The number of rotatable bonds is 53. The summed E-state index contributed by atoms with van der Waals surface area (Å²) in [5.41, 5.74) is 35.1. The largest absolute Gasteiger partial charge is 0.481 e. The average Bonchev–Trinajstić information content (AvgIpc) is 1.70. The number of thioether (sulfide) groups is 1. The van der Waals surface area contributed by atoms with Crippen molar-refractivity contribution in [1.29, 1.82) is 0 Å². The Morgan fingerprint density at radius 3 is 1.26 bits per heavy atom. The van der Waals surface area contributed by atoms with Gasteiger partial charge in [-0.2, -0.15) is 11.8 Å². The van der Waals surface area contributed by atoms with Gasteiger partial charge in [0.15, 0.2) is 0 Å². The van der Waals surface area contributed by atoms with Gasteiger partial charge in [0.1, 0.15) is 72.5 Å². The second-order valence-corrected chi connectivity index (χ2v) is 29.9. The molecule has 0 fully saturated rings. The Kier molecular flexibility index (Phi) is 41.4. The zero-order valence-corrected chi connectivity index (χ0v) is 67.6. The predicted molar refractivity (Wildman–Crippen MR) is 431 cm³/mol. The van der Waals surface area contributed by atoms with Gasteiger partial charge in [-0.25, -0.2) is 0 Å². The van der Waals surface area contributed by atoms with Gasteiger partial charge in [0.2, 0.25) is 100 Å². The van der Waals surface area contributed by atoms with Crippen molar-refractivity contribution in [3.63, 3.8) is 0 Å². The predicted octanol–water partition coefficient (Wildman–Crippen LogP) is -5.58. The second kappa shape index (κ2) is 49.7. The number of nitrogens with two attached hydrogens (primary N) is 6. The summed E-state index contributed by atoms with van der Waals surface area (Å²) in [6.07, 6.45) is -2.38. The minimum atomic E-state index is -2.09. The van der Waals surface area contributed by atoms with E-state index in [1.807, 2.05) is 0 Å². The number of nitrogens with one attached hydrogen (secondary N) is 14. The van der Waals surface area contributed by atoms with Crippen molar-refractivity contribution >= 4 is 129 Å². The molecule has 0 unspecified atom stereocenters. The fourth-order valence-corrected chi connectivity index (χ4v) is 12.5. The maximum atomic E-state index is 15.2. The molecule has 3 aromatic carbocycles. The molecule has 1 heterocycles. The molecule has 0 saturated heterocycles. The Balaban J connectivity index is 1.70. The number of carboxylic acids is 1. The molecule has 0 aliphatic heterocycles. The molecule has 0 saturated carbocycles. The summed E-state index contributed by atoms with van der Waals surface area (Å²) in [7, 11) is 0. The molecule has 41 heteroatoms. The normalized spacial score (nSPS) is 14.9.